The van der Waals surface area contributed by atoms with Crippen LogP contribution in [0.4, 0.5) is 0 Å². The highest BCUT2D eigenvalue weighted by Gasteiger charge is 2.22. The Labute approximate surface area is 347 Å². The Kier molecular flexibility index (Phi) is 35.9. The predicted molar refractivity (Wildman–Crippen MR) is 231 cm³/mol. The maximum atomic E-state index is 12.6. The number of esters is 2. The molecule has 0 heterocycles. The summed E-state index contributed by atoms with van der Waals surface area (Å²) in [5.74, 6) is -1.23. The molecule has 0 aromatic heterocycles. The third kappa shape index (κ3) is 41.3. The second kappa shape index (κ2) is 37.6. The Hall–Kier alpha value is -2.62. The van der Waals surface area contributed by atoms with Crippen LogP contribution >= 0.6 is 7.82 Å². The molecular weight excluding hydrogens is 741 g/mol. The fourth-order valence-electron chi connectivity index (χ4n) is 5.48. The zero-order chi connectivity index (χ0) is 42.3. The standard InChI is InChI=1S/C46H80NO9P/c1-6-8-10-12-14-16-18-20-21-23-25-27-29-31-33-37-45(49)53-41-44(42-55-57(51,52)54-40-39-47(3,4)5)56-46(50)38-34-36-43(48)35-32-30-28-26-24-22-19-17-15-13-11-9-7-2/h15,17,20-22,24,28,30,32,35,44H,6-14,16,18-19,23,25-27,29,31,33-34,36-42H2,1-5H3/b17-15-,21-20-,24-22-,30-28-,35-32+/t44-/m1/s1. The molecule has 328 valence electrons. The van der Waals surface area contributed by atoms with E-state index in [1.54, 1.807) is 6.08 Å². The number of unbranched alkanes of at least 4 members (excludes halogenated alkanes) is 14. The SMILES string of the molecule is CCCCC/C=C\C/C=C\C/C=C\C=C\C(=O)CCCC(=O)O[C@H](COC(=O)CCCCCCC/C=C\CCCCCCCC)COP(=O)([O-])OCC[N+](C)(C)C. The zero-order valence-corrected chi connectivity index (χ0v) is 37.4. The minimum absolute atomic E-state index is 0.0678. The maximum absolute atomic E-state index is 12.6. The fraction of sp³-hybridized carbons (Fsp3) is 0.717. The topological polar surface area (TPSA) is 128 Å². The summed E-state index contributed by atoms with van der Waals surface area (Å²) in [4.78, 5) is 49.8. The molecule has 0 aromatic carbocycles. The first-order chi connectivity index (χ1) is 27.4. The van der Waals surface area contributed by atoms with Gasteiger partial charge in [0.05, 0.1) is 27.7 Å². The second-order valence-corrected chi connectivity index (χ2v) is 17.1. The molecule has 0 aliphatic heterocycles. The van der Waals surface area contributed by atoms with Crippen LogP contribution in [0.5, 0.6) is 0 Å². The van der Waals surface area contributed by atoms with Crippen LogP contribution in [0.2, 0.25) is 0 Å². The van der Waals surface area contributed by atoms with Gasteiger partial charge in [-0.3, -0.25) is 18.9 Å². The molecule has 10 nitrogen and oxygen atoms in total. The molecule has 0 spiro atoms. The van der Waals surface area contributed by atoms with E-state index in [0.29, 0.717) is 17.4 Å². The Morgan fingerprint density at radius 2 is 1.12 bits per heavy atom. The molecule has 0 saturated carbocycles. The number of ketones is 1. The van der Waals surface area contributed by atoms with E-state index >= 15 is 0 Å². The lowest BCUT2D eigenvalue weighted by atomic mass is 10.1. The van der Waals surface area contributed by atoms with Crippen molar-refractivity contribution in [2.75, 3.05) is 47.5 Å². The quantitative estimate of drug-likeness (QED) is 0.0113. The number of rotatable bonds is 39. The monoisotopic (exact) mass is 822 g/mol. The number of allylic oxidation sites excluding steroid dienone is 10. The number of likely N-dealkylation sites (N-methyl/N-ethyl adjacent to an activating group) is 1. The van der Waals surface area contributed by atoms with Gasteiger partial charge in [-0.15, -0.1) is 0 Å². The first-order valence-electron chi connectivity index (χ1n) is 21.9. The summed E-state index contributed by atoms with van der Waals surface area (Å²) in [7, 11) is 1.01. The highest BCUT2D eigenvalue weighted by molar-refractivity contribution is 7.45. The molecule has 57 heavy (non-hydrogen) atoms. The number of ether oxygens (including phenoxy) is 2. The van der Waals surface area contributed by atoms with Crippen LogP contribution in [0.3, 0.4) is 0 Å². The van der Waals surface area contributed by atoms with Crippen molar-refractivity contribution in [2.24, 2.45) is 0 Å². The molecule has 0 saturated heterocycles. The Balaban J connectivity index is 4.59. The summed E-state index contributed by atoms with van der Waals surface area (Å²) in [6, 6.07) is 0. The molecule has 0 aromatic rings. The average molecular weight is 822 g/mol. The van der Waals surface area contributed by atoms with Gasteiger partial charge in [0.15, 0.2) is 11.9 Å². The third-order valence-corrected chi connectivity index (χ3v) is 9.95. The van der Waals surface area contributed by atoms with E-state index in [2.05, 4.69) is 50.3 Å². The molecule has 1 unspecified atom stereocenters. The van der Waals surface area contributed by atoms with E-state index < -0.39 is 32.5 Å². The van der Waals surface area contributed by atoms with Gasteiger partial charge in [0.1, 0.15) is 19.8 Å². The van der Waals surface area contributed by atoms with Crippen molar-refractivity contribution in [1.82, 2.24) is 0 Å². The summed E-state index contributed by atoms with van der Waals surface area (Å²) < 4.78 is 33.6. The normalized spacial score (nSPS) is 14.1. The smallest absolute Gasteiger partial charge is 0.306 e. The van der Waals surface area contributed by atoms with Crippen molar-refractivity contribution >= 4 is 25.5 Å². The Morgan fingerprint density at radius 3 is 1.77 bits per heavy atom. The van der Waals surface area contributed by atoms with Crippen molar-refractivity contribution in [3.05, 3.63) is 60.8 Å². The number of quaternary nitrogens is 1. The summed E-state index contributed by atoms with van der Waals surface area (Å²) in [5, 5.41) is 0. The predicted octanol–water partition coefficient (Wildman–Crippen LogP) is 11.0. The van der Waals surface area contributed by atoms with Crippen LogP contribution in [0, 0.1) is 0 Å². The minimum atomic E-state index is -4.69. The largest absolute Gasteiger partial charge is 0.756 e. The molecule has 0 aliphatic rings. The highest BCUT2D eigenvalue weighted by Crippen LogP contribution is 2.38. The highest BCUT2D eigenvalue weighted by atomic mass is 31.2. The van der Waals surface area contributed by atoms with E-state index in [4.69, 9.17) is 18.5 Å². The summed E-state index contributed by atoms with van der Waals surface area (Å²) in [5.41, 5.74) is 0. The van der Waals surface area contributed by atoms with Gasteiger partial charge in [-0.2, -0.15) is 0 Å². The van der Waals surface area contributed by atoms with E-state index in [0.717, 1.165) is 57.8 Å². The van der Waals surface area contributed by atoms with Crippen molar-refractivity contribution in [2.45, 2.75) is 168 Å². The number of hydrogen-bond donors (Lipinski definition) is 0. The van der Waals surface area contributed by atoms with Crippen molar-refractivity contribution < 1.29 is 46.8 Å². The first-order valence-corrected chi connectivity index (χ1v) is 23.4. The number of phosphoric ester groups is 1. The first kappa shape index (κ1) is 54.4. The van der Waals surface area contributed by atoms with Gasteiger partial charge in [-0.25, -0.2) is 0 Å². The van der Waals surface area contributed by atoms with E-state index in [1.165, 1.54) is 63.9 Å². The lowest BCUT2D eigenvalue weighted by molar-refractivity contribution is -0.870. The molecule has 0 rings (SSSR count). The summed E-state index contributed by atoms with van der Waals surface area (Å²) in [6.07, 6.45) is 41.1. The van der Waals surface area contributed by atoms with Gasteiger partial charge in [0.25, 0.3) is 7.82 Å². The van der Waals surface area contributed by atoms with Crippen molar-refractivity contribution in [3.8, 4) is 0 Å². The molecular formula is C46H80NO9P. The van der Waals surface area contributed by atoms with Crippen LogP contribution in [-0.2, 0) is 37.5 Å². The van der Waals surface area contributed by atoms with Crippen LogP contribution in [0.25, 0.3) is 0 Å². The van der Waals surface area contributed by atoms with Gasteiger partial charge in [-0.1, -0.05) is 133 Å². The molecule has 0 amide bonds. The third-order valence-electron chi connectivity index (χ3n) is 8.99. The lowest BCUT2D eigenvalue weighted by Crippen LogP contribution is -2.37. The number of phosphoric acid groups is 1. The van der Waals surface area contributed by atoms with E-state index in [9.17, 15) is 23.8 Å². The summed E-state index contributed by atoms with van der Waals surface area (Å²) >= 11 is 0. The molecule has 11 heteroatoms. The molecule has 0 radical (unpaired) electrons. The zero-order valence-electron chi connectivity index (χ0n) is 36.5. The molecule has 0 aliphatic carbocycles. The second-order valence-electron chi connectivity index (χ2n) is 15.7. The fourth-order valence-corrected chi connectivity index (χ4v) is 6.21. The number of carbonyl (C=O) groups excluding carboxylic acids is 3. The van der Waals surface area contributed by atoms with E-state index in [1.807, 2.05) is 33.3 Å². The van der Waals surface area contributed by atoms with Gasteiger partial charge < -0.3 is 27.9 Å². The number of carbonyl (C=O) groups is 3. The molecule has 0 bridgehead atoms. The van der Waals surface area contributed by atoms with Crippen LogP contribution in [0.1, 0.15) is 162 Å². The maximum Gasteiger partial charge on any atom is 0.306 e. The molecule has 0 N–H and O–H groups in total. The van der Waals surface area contributed by atoms with Crippen LogP contribution in [0.15, 0.2) is 60.8 Å². The van der Waals surface area contributed by atoms with Gasteiger partial charge in [0.2, 0.25) is 0 Å². The van der Waals surface area contributed by atoms with Gasteiger partial charge >= 0.3 is 11.9 Å². The summed E-state index contributed by atoms with van der Waals surface area (Å²) in [6.45, 7) is 3.88. The molecule has 2 atom stereocenters. The number of nitrogens with zero attached hydrogens (tertiary/aromatic N) is 1. The van der Waals surface area contributed by atoms with Gasteiger partial charge in [-0.05, 0) is 70.3 Å². The Bertz CT molecular complexity index is 1220. The minimum Gasteiger partial charge on any atom is -0.756 e. The van der Waals surface area contributed by atoms with Crippen LogP contribution < -0.4 is 4.89 Å². The average Bonchev–Trinajstić information content (AvgIpc) is 3.15. The Morgan fingerprint density at radius 1 is 0.596 bits per heavy atom. The van der Waals surface area contributed by atoms with E-state index in [-0.39, 0.29) is 44.7 Å². The van der Waals surface area contributed by atoms with Crippen molar-refractivity contribution in [3.63, 3.8) is 0 Å². The van der Waals surface area contributed by atoms with Gasteiger partial charge in [0, 0.05) is 19.3 Å². The van der Waals surface area contributed by atoms with Crippen molar-refractivity contribution in [1.29, 1.82) is 0 Å². The number of hydrogen-bond acceptors (Lipinski definition) is 9. The van der Waals surface area contributed by atoms with Crippen LogP contribution in [-0.4, -0.2) is 75.8 Å². The lowest BCUT2D eigenvalue weighted by Gasteiger charge is -2.28. The molecule has 0 fully saturated rings.